The minimum Gasteiger partial charge on any atom is -0.309 e. The van der Waals surface area contributed by atoms with E-state index in [4.69, 9.17) is 0 Å². The Labute approximate surface area is 97.7 Å². The third-order valence-electron chi connectivity index (χ3n) is 2.56. The number of nitrogens with one attached hydrogen (secondary N) is 1. The summed E-state index contributed by atoms with van der Waals surface area (Å²) in [5.74, 6) is 2.41. The van der Waals surface area contributed by atoms with E-state index in [0.29, 0.717) is 6.04 Å². The van der Waals surface area contributed by atoms with Crippen molar-refractivity contribution in [3.63, 3.8) is 0 Å². The Kier molecular flexibility index (Phi) is 5.81. The molecule has 1 rings (SSSR count). The number of hydrogen-bond donors (Lipinski definition) is 1. The Hall–Kier alpha value is -0.470. The second-order valence-corrected chi connectivity index (χ2v) is 5.12. The third-order valence-corrected chi connectivity index (χ3v) is 3.46. The van der Waals surface area contributed by atoms with Crippen molar-refractivity contribution in [3.05, 3.63) is 35.4 Å². The zero-order valence-electron chi connectivity index (χ0n) is 9.92. The lowest BCUT2D eigenvalue weighted by Crippen LogP contribution is -2.22. The molecule has 84 valence electrons. The molecule has 0 aliphatic carbocycles. The van der Waals surface area contributed by atoms with Gasteiger partial charge in [0, 0.05) is 18.3 Å². The maximum Gasteiger partial charge on any atom is 0.0294 e. The van der Waals surface area contributed by atoms with Crippen molar-refractivity contribution in [2.75, 3.05) is 18.1 Å². The standard InChI is InChI=1S/C13H21NS/c1-4-15-10-9-14-12(3)13-8-6-5-7-11(13)2/h5-8,12,14H,4,9-10H2,1-3H3. The monoisotopic (exact) mass is 223 g/mol. The molecule has 1 aromatic rings. The molecule has 1 unspecified atom stereocenters. The second kappa shape index (κ2) is 6.91. The molecule has 0 heterocycles. The molecule has 1 aromatic carbocycles. The van der Waals surface area contributed by atoms with Crippen LogP contribution in [0, 0.1) is 6.92 Å². The maximum atomic E-state index is 3.55. The fourth-order valence-electron chi connectivity index (χ4n) is 1.67. The first kappa shape index (κ1) is 12.6. The molecule has 1 nitrogen and oxygen atoms in total. The molecule has 0 aliphatic rings. The molecule has 2 heteroatoms. The van der Waals surface area contributed by atoms with Crippen LogP contribution in [0.2, 0.25) is 0 Å². The zero-order valence-corrected chi connectivity index (χ0v) is 10.7. The van der Waals surface area contributed by atoms with Gasteiger partial charge in [0.05, 0.1) is 0 Å². The van der Waals surface area contributed by atoms with Crippen molar-refractivity contribution in [2.24, 2.45) is 0 Å². The van der Waals surface area contributed by atoms with Crippen LogP contribution in [0.5, 0.6) is 0 Å². The number of aryl methyl sites for hydroxylation is 1. The fraction of sp³-hybridized carbons (Fsp3) is 0.538. The summed E-state index contributed by atoms with van der Waals surface area (Å²) in [6.45, 7) is 7.71. The van der Waals surface area contributed by atoms with E-state index in [0.717, 1.165) is 6.54 Å². The van der Waals surface area contributed by atoms with E-state index in [1.54, 1.807) is 0 Å². The highest BCUT2D eigenvalue weighted by atomic mass is 32.2. The van der Waals surface area contributed by atoms with Crippen LogP contribution >= 0.6 is 11.8 Å². The summed E-state index contributed by atoms with van der Waals surface area (Å²) >= 11 is 1.99. The lowest BCUT2D eigenvalue weighted by Gasteiger charge is -2.16. The molecule has 0 fully saturated rings. The smallest absolute Gasteiger partial charge is 0.0294 e. The lowest BCUT2D eigenvalue weighted by molar-refractivity contribution is 0.598. The van der Waals surface area contributed by atoms with Gasteiger partial charge < -0.3 is 5.32 Å². The highest BCUT2D eigenvalue weighted by Gasteiger charge is 2.05. The van der Waals surface area contributed by atoms with Gasteiger partial charge in [-0.3, -0.25) is 0 Å². The van der Waals surface area contributed by atoms with Gasteiger partial charge >= 0.3 is 0 Å². The predicted octanol–water partition coefficient (Wildman–Crippen LogP) is 3.40. The molecule has 0 amide bonds. The van der Waals surface area contributed by atoms with Gasteiger partial charge in [0.2, 0.25) is 0 Å². The van der Waals surface area contributed by atoms with Crippen molar-refractivity contribution in [2.45, 2.75) is 26.8 Å². The van der Waals surface area contributed by atoms with E-state index in [2.05, 4.69) is 50.4 Å². The lowest BCUT2D eigenvalue weighted by atomic mass is 10.0. The van der Waals surface area contributed by atoms with Crippen molar-refractivity contribution < 1.29 is 0 Å². The molecule has 0 spiro atoms. The Morgan fingerprint density at radius 2 is 2.07 bits per heavy atom. The molecular formula is C13H21NS. The van der Waals surface area contributed by atoms with Crippen LogP contribution in [0.3, 0.4) is 0 Å². The van der Waals surface area contributed by atoms with Crippen LogP contribution in [0.15, 0.2) is 24.3 Å². The van der Waals surface area contributed by atoms with Gasteiger partial charge in [-0.25, -0.2) is 0 Å². The van der Waals surface area contributed by atoms with Gasteiger partial charge in [-0.1, -0.05) is 31.2 Å². The largest absolute Gasteiger partial charge is 0.309 e. The molecule has 0 saturated heterocycles. The SMILES string of the molecule is CCSCCNC(C)c1ccccc1C. The summed E-state index contributed by atoms with van der Waals surface area (Å²) in [6, 6.07) is 9.05. The van der Waals surface area contributed by atoms with Crippen molar-refractivity contribution in [3.8, 4) is 0 Å². The van der Waals surface area contributed by atoms with Crippen molar-refractivity contribution >= 4 is 11.8 Å². The molecule has 0 saturated carbocycles. The maximum absolute atomic E-state index is 3.55. The average Bonchev–Trinajstić information content (AvgIpc) is 2.25. The van der Waals surface area contributed by atoms with E-state index in [1.165, 1.54) is 22.6 Å². The second-order valence-electron chi connectivity index (χ2n) is 3.73. The van der Waals surface area contributed by atoms with Gasteiger partial charge in [0.15, 0.2) is 0 Å². The third kappa shape index (κ3) is 4.27. The van der Waals surface area contributed by atoms with Crippen LogP contribution in [-0.2, 0) is 0 Å². The summed E-state index contributed by atoms with van der Waals surface area (Å²) in [4.78, 5) is 0. The highest BCUT2D eigenvalue weighted by molar-refractivity contribution is 7.99. The Morgan fingerprint density at radius 1 is 1.33 bits per heavy atom. The minimum atomic E-state index is 0.462. The van der Waals surface area contributed by atoms with Gasteiger partial charge in [-0.2, -0.15) is 11.8 Å². The predicted molar refractivity (Wildman–Crippen MR) is 70.6 cm³/mol. The normalized spacial score (nSPS) is 12.7. The van der Waals surface area contributed by atoms with E-state index < -0.39 is 0 Å². The van der Waals surface area contributed by atoms with Gasteiger partial charge in [0.1, 0.15) is 0 Å². The number of hydrogen-bond acceptors (Lipinski definition) is 2. The quantitative estimate of drug-likeness (QED) is 0.742. The van der Waals surface area contributed by atoms with E-state index in [1.807, 2.05) is 11.8 Å². The number of benzene rings is 1. The molecule has 0 bridgehead atoms. The van der Waals surface area contributed by atoms with Crippen LogP contribution in [0.25, 0.3) is 0 Å². The molecule has 0 radical (unpaired) electrons. The van der Waals surface area contributed by atoms with Crippen LogP contribution in [0.1, 0.15) is 31.0 Å². The minimum absolute atomic E-state index is 0.462. The van der Waals surface area contributed by atoms with Crippen molar-refractivity contribution in [1.29, 1.82) is 0 Å². The number of thioether (sulfide) groups is 1. The van der Waals surface area contributed by atoms with Crippen LogP contribution in [-0.4, -0.2) is 18.1 Å². The van der Waals surface area contributed by atoms with Gasteiger partial charge in [-0.05, 0) is 30.7 Å². The molecule has 0 aromatic heterocycles. The molecular weight excluding hydrogens is 202 g/mol. The van der Waals surface area contributed by atoms with E-state index in [-0.39, 0.29) is 0 Å². The summed E-state index contributed by atoms with van der Waals surface area (Å²) < 4.78 is 0. The first-order valence-corrected chi connectivity index (χ1v) is 6.77. The zero-order chi connectivity index (χ0) is 11.1. The average molecular weight is 223 g/mol. The first-order valence-electron chi connectivity index (χ1n) is 5.62. The molecule has 1 atom stereocenters. The topological polar surface area (TPSA) is 12.0 Å². The molecule has 15 heavy (non-hydrogen) atoms. The van der Waals surface area contributed by atoms with Gasteiger partial charge in [0.25, 0.3) is 0 Å². The molecule has 0 aliphatic heterocycles. The van der Waals surface area contributed by atoms with Crippen molar-refractivity contribution in [1.82, 2.24) is 5.32 Å². The fourth-order valence-corrected chi connectivity index (χ4v) is 2.23. The summed E-state index contributed by atoms with van der Waals surface area (Å²) in [6.07, 6.45) is 0. The summed E-state index contributed by atoms with van der Waals surface area (Å²) in [7, 11) is 0. The van der Waals surface area contributed by atoms with E-state index >= 15 is 0 Å². The Balaban J connectivity index is 2.40. The Bertz CT molecular complexity index is 286. The summed E-state index contributed by atoms with van der Waals surface area (Å²) in [5, 5.41) is 3.55. The first-order chi connectivity index (χ1) is 7.25. The van der Waals surface area contributed by atoms with Gasteiger partial charge in [-0.15, -0.1) is 0 Å². The van der Waals surface area contributed by atoms with Crippen LogP contribution < -0.4 is 5.32 Å². The van der Waals surface area contributed by atoms with E-state index in [9.17, 15) is 0 Å². The number of rotatable bonds is 6. The van der Waals surface area contributed by atoms with Crippen LogP contribution in [0.4, 0.5) is 0 Å². The molecule has 1 N–H and O–H groups in total. The highest BCUT2D eigenvalue weighted by Crippen LogP contribution is 2.16. The Morgan fingerprint density at radius 3 is 2.73 bits per heavy atom. The summed E-state index contributed by atoms with van der Waals surface area (Å²) in [5.41, 5.74) is 2.79.